The Morgan fingerprint density at radius 1 is 1.32 bits per heavy atom. The average Bonchev–Trinajstić information content (AvgIpc) is 2.94. The van der Waals surface area contributed by atoms with Gasteiger partial charge in [-0.15, -0.1) is 0 Å². The lowest BCUT2D eigenvalue weighted by atomic mass is 9.53. The van der Waals surface area contributed by atoms with Crippen molar-refractivity contribution in [3.63, 3.8) is 0 Å². The number of hydrogen-bond acceptors (Lipinski definition) is 2. The fourth-order valence-corrected chi connectivity index (χ4v) is 6.30. The Kier molecular flexibility index (Phi) is 4.60. The second kappa shape index (κ2) is 6.61. The van der Waals surface area contributed by atoms with E-state index in [0.717, 1.165) is 31.6 Å². The van der Waals surface area contributed by atoms with Crippen LogP contribution in [0, 0.1) is 23.2 Å². The minimum atomic E-state index is -0.156. The molecule has 1 N–H and O–H groups in total. The molecule has 0 bridgehead atoms. The van der Waals surface area contributed by atoms with Crippen molar-refractivity contribution in [2.24, 2.45) is 23.2 Å². The summed E-state index contributed by atoms with van der Waals surface area (Å²) in [5, 5.41) is 10.6. The van der Waals surface area contributed by atoms with E-state index >= 15 is 0 Å². The molecule has 2 heteroatoms. The van der Waals surface area contributed by atoms with E-state index in [9.17, 15) is 5.11 Å². The molecular weight excluding hydrogens is 308 g/mol. The number of rotatable bonds is 4. The van der Waals surface area contributed by atoms with Gasteiger partial charge in [-0.05, 0) is 62.4 Å². The van der Waals surface area contributed by atoms with Gasteiger partial charge in [-0.2, -0.15) is 0 Å². The smallest absolute Gasteiger partial charge is 0.0959 e. The first-order valence-corrected chi connectivity index (χ1v) is 10.4. The maximum absolute atomic E-state index is 10.6. The molecule has 25 heavy (non-hydrogen) atoms. The normalized spacial score (nSPS) is 40.0. The third-order valence-corrected chi connectivity index (χ3v) is 7.77. The third-order valence-electron chi connectivity index (χ3n) is 7.77. The maximum atomic E-state index is 10.6. The molecule has 1 fully saturated rings. The van der Waals surface area contributed by atoms with Gasteiger partial charge in [0.05, 0.1) is 19.0 Å². The summed E-state index contributed by atoms with van der Waals surface area (Å²) in [4.78, 5) is 0. The van der Waals surface area contributed by atoms with E-state index in [0.29, 0.717) is 11.8 Å². The van der Waals surface area contributed by atoms with Crippen molar-refractivity contribution >= 4 is 0 Å². The maximum Gasteiger partial charge on any atom is 0.0959 e. The van der Waals surface area contributed by atoms with Gasteiger partial charge >= 0.3 is 0 Å². The first kappa shape index (κ1) is 17.4. The minimum absolute atomic E-state index is 0.0475. The third kappa shape index (κ3) is 2.72. The summed E-state index contributed by atoms with van der Waals surface area (Å²) in [6, 6.07) is 0. The van der Waals surface area contributed by atoms with E-state index < -0.39 is 0 Å². The Morgan fingerprint density at radius 3 is 2.92 bits per heavy atom. The number of aliphatic hydroxyl groups is 1. The number of methoxy groups -OCH3 is 1. The predicted molar refractivity (Wildman–Crippen MR) is 102 cm³/mol. The predicted octanol–water partition coefficient (Wildman–Crippen LogP) is 5.54. The molecule has 0 aromatic heterocycles. The number of unbranched alkanes of at least 4 members (excludes halogenated alkanes) is 1. The van der Waals surface area contributed by atoms with Gasteiger partial charge < -0.3 is 9.84 Å². The molecule has 4 aliphatic rings. The summed E-state index contributed by atoms with van der Waals surface area (Å²) < 4.78 is 5.57. The Bertz CT molecular complexity index is 626. The fraction of sp³-hybridized carbons (Fsp3) is 0.739. The molecule has 1 saturated carbocycles. The molecule has 0 aliphatic heterocycles. The zero-order valence-electron chi connectivity index (χ0n) is 16.2. The van der Waals surface area contributed by atoms with Crippen LogP contribution in [-0.2, 0) is 4.74 Å². The number of ether oxygens (including phenoxy) is 1. The molecular formula is C23H34O2. The number of aliphatic hydroxyl groups excluding tert-OH is 1. The summed E-state index contributed by atoms with van der Waals surface area (Å²) in [7, 11) is 1.81. The van der Waals surface area contributed by atoms with Crippen LogP contribution in [0.3, 0.4) is 0 Å². The topological polar surface area (TPSA) is 29.5 Å². The molecule has 138 valence electrons. The van der Waals surface area contributed by atoms with E-state index in [2.05, 4.69) is 26.0 Å². The van der Waals surface area contributed by atoms with E-state index in [4.69, 9.17) is 4.74 Å². The van der Waals surface area contributed by atoms with E-state index in [1.54, 1.807) is 16.7 Å². The SMILES string of the molecule is CCCC[C@@H]1CC2=C(CC=C(OC)C2)[C@H]2CC[C@@]3(C)C(=CC[C@@H]3O)[C@H]12. The van der Waals surface area contributed by atoms with Gasteiger partial charge in [0.15, 0.2) is 0 Å². The molecule has 2 nitrogen and oxygen atoms in total. The second-order valence-electron chi connectivity index (χ2n) is 8.99. The van der Waals surface area contributed by atoms with Crippen molar-refractivity contribution < 1.29 is 9.84 Å². The van der Waals surface area contributed by atoms with Crippen LogP contribution >= 0.6 is 0 Å². The molecule has 0 spiro atoms. The first-order valence-electron chi connectivity index (χ1n) is 10.4. The van der Waals surface area contributed by atoms with Crippen LogP contribution in [0.2, 0.25) is 0 Å². The molecule has 4 aliphatic carbocycles. The quantitative estimate of drug-likeness (QED) is 0.680. The average molecular weight is 343 g/mol. The van der Waals surface area contributed by atoms with Crippen LogP contribution in [0.4, 0.5) is 0 Å². The number of fused-ring (bicyclic) bond motifs is 4. The van der Waals surface area contributed by atoms with Crippen molar-refractivity contribution in [1.82, 2.24) is 0 Å². The van der Waals surface area contributed by atoms with Crippen molar-refractivity contribution in [1.29, 1.82) is 0 Å². The molecule has 5 atom stereocenters. The van der Waals surface area contributed by atoms with Gasteiger partial charge in [-0.1, -0.05) is 49.5 Å². The van der Waals surface area contributed by atoms with Crippen LogP contribution in [-0.4, -0.2) is 18.3 Å². The number of hydrogen-bond donors (Lipinski definition) is 1. The van der Waals surface area contributed by atoms with Crippen LogP contribution in [0.15, 0.2) is 34.6 Å². The minimum Gasteiger partial charge on any atom is -0.501 e. The molecule has 0 saturated heterocycles. The highest BCUT2D eigenvalue weighted by Gasteiger charge is 2.52. The summed E-state index contributed by atoms with van der Waals surface area (Å²) in [6.07, 6.45) is 15.2. The Hall–Kier alpha value is -1.02. The van der Waals surface area contributed by atoms with Crippen molar-refractivity contribution in [2.45, 2.75) is 77.7 Å². The second-order valence-corrected chi connectivity index (χ2v) is 8.99. The summed E-state index contributed by atoms with van der Waals surface area (Å²) >= 11 is 0. The Labute approximate surface area is 153 Å². The van der Waals surface area contributed by atoms with Crippen LogP contribution < -0.4 is 0 Å². The Balaban J connectivity index is 1.68. The van der Waals surface area contributed by atoms with E-state index in [1.165, 1.54) is 37.9 Å². The molecule has 4 rings (SSSR count). The van der Waals surface area contributed by atoms with Gasteiger partial charge in [-0.3, -0.25) is 0 Å². The molecule has 0 unspecified atom stereocenters. The molecule has 0 heterocycles. The van der Waals surface area contributed by atoms with Crippen LogP contribution in [0.25, 0.3) is 0 Å². The van der Waals surface area contributed by atoms with Crippen molar-refractivity contribution in [3.8, 4) is 0 Å². The summed E-state index contributed by atoms with van der Waals surface area (Å²) in [5.41, 5.74) is 5.07. The monoisotopic (exact) mass is 342 g/mol. The largest absolute Gasteiger partial charge is 0.501 e. The lowest BCUT2D eigenvalue weighted by Gasteiger charge is -2.52. The Morgan fingerprint density at radius 2 is 2.16 bits per heavy atom. The van der Waals surface area contributed by atoms with E-state index in [-0.39, 0.29) is 11.5 Å². The zero-order valence-corrected chi connectivity index (χ0v) is 16.2. The highest BCUT2D eigenvalue weighted by Crippen LogP contribution is 2.61. The molecule has 0 aromatic rings. The van der Waals surface area contributed by atoms with Crippen molar-refractivity contribution in [2.75, 3.05) is 7.11 Å². The van der Waals surface area contributed by atoms with Crippen LogP contribution in [0.5, 0.6) is 0 Å². The standard InChI is InChI=1S/C23H34O2/c1-4-5-6-15-13-16-14-17(25-3)7-8-18(16)19-11-12-23(2)20(22(15)19)9-10-21(23)24/h7,9,15,19,21-22,24H,4-6,8,10-14H2,1-3H3/t15-,19-,21+,22-,23+/m1/s1. The summed E-state index contributed by atoms with van der Waals surface area (Å²) in [5.74, 6) is 3.32. The van der Waals surface area contributed by atoms with Crippen LogP contribution in [0.1, 0.15) is 71.6 Å². The molecule has 0 amide bonds. The lowest BCUT2D eigenvalue weighted by molar-refractivity contribution is 0.0316. The summed E-state index contributed by atoms with van der Waals surface area (Å²) in [6.45, 7) is 4.64. The molecule has 0 aromatic carbocycles. The first-order chi connectivity index (χ1) is 12.1. The van der Waals surface area contributed by atoms with Gasteiger partial charge in [0, 0.05) is 11.8 Å². The van der Waals surface area contributed by atoms with Gasteiger partial charge in [-0.25, -0.2) is 0 Å². The lowest BCUT2D eigenvalue weighted by Crippen LogP contribution is -2.44. The van der Waals surface area contributed by atoms with Crippen molar-refractivity contribution in [3.05, 3.63) is 34.6 Å². The van der Waals surface area contributed by atoms with Gasteiger partial charge in [0.1, 0.15) is 0 Å². The fourth-order valence-electron chi connectivity index (χ4n) is 6.30. The molecule has 0 radical (unpaired) electrons. The van der Waals surface area contributed by atoms with Gasteiger partial charge in [0.2, 0.25) is 0 Å². The zero-order chi connectivity index (χ0) is 17.6. The van der Waals surface area contributed by atoms with E-state index in [1.807, 2.05) is 7.11 Å². The highest BCUT2D eigenvalue weighted by atomic mass is 16.5. The number of allylic oxidation sites excluding steroid dienone is 3. The highest BCUT2D eigenvalue weighted by molar-refractivity contribution is 5.39. The van der Waals surface area contributed by atoms with Gasteiger partial charge in [0.25, 0.3) is 0 Å².